The second-order valence-electron chi connectivity index (χ2n) is 8.98. The maximum absolute atomic E-state index is 13.0. The van der Waals surface area contributed by atoms with E-state index in [1.165, 1.54) is 41.7 Å². The van der Waals surface area contributed by atoms with Gasteiger partial charge in [-0.3, -0.25) is 20.2 Å². The Hall–Kier alpha value is -5.35. The van der Waals surface area contributed by atoms with Crippen LogP contribution in [0.3, 0.4) is 0 Å². The Morgan fingerprint density at radius 2 is 1.51 bits per heavy atom. The number of nitrogens with zero attached hydrogens (tertiary/aromatic N) is 2. The maximum atomic E-state index is 13.0. The molecule has 1 heterocycles. The van der Waals surface area contributed by atoms with Crippen LogP contribution in [0.1, 0.15) is 31.8 Å². The molecule has 0 aliphatic heterocycles. The first-order valence-electron chi connectivity index (χ1n) is 12.5. The van der Waals surface area contributed by atoms with E-state index in [1.54, 1.807) is 42.5 Å². The highest BCUT2D eigenvalue weighted by Crippen LogP contribution is 2.27. The molecular formula is C31H23N3O6S. The van der Waals surface area contributed by atoms with E-state index in [4.69, 9.17) is 9.47 Å². The van der Waals surface area contributed by atoms with Crippen LogP contribution in [0.5, 0.6) is 11.5 Å². The van der Waals surface area contributed by atoms with Crippen LogP contribution in [-0.4, -0.2) is 21.8 Å². The standard InChI is InChI=1S/C31H23N3O6S/c1-20-6-10-22(11-7-20)28-19-41-31(32-28)33-29(35)26-4-2-3-5-27(26)30(36)39-18-21-8-14-24(15-9-21)40-25-16-12-23(13-17-25)34(37)38/h2-17,19H,18H2,1H3,(H,32,33,35). The van der Waals surface area contributed by atoms with Crippen molar-refractivity contribution in [2.45, 2.75) is 13.5 Å². The number of ether oxygens (including phenoxy) is 2. The highest BCUT2D eigenvalue weighted by Gasteiger charge is 2.19. The molecule has 5 aromatic rings. The number of rotatable bonds is 9. The number of nitro groups is 1. The van der Waals surface area contributed by atoms with Crippen molar-refractivity contribution in [2.24, 2.45) is 0 Å². The fourth-order valence-corrected chi connectivity index (χ4v) is 4.58. The van der Waals surface area contributed by atoms with E-state index in [2.05, 4.69) is 10.3 Å². The van der Waals surface area contributed by atoms with Crippen molar-refractivity contribution in [1.82, 2.24) is 4.98 Å². The van der Waals surface area contributed by atoms with Gasteiger partial charge in [0, 0.05) is 23.1 Å². The second kappa shape index (κ2) is 12.2. The number of nitrogens with one attached hydrogen (secondary N) is 1. The third kappa shape index (κ3) is 6.81. The van der Waals surface area contributed by atoms with E-state index in [9.17, 15) is 19.7 Å². The average molecular weight is 566 g/mol. The Morgan fingerprint density at radius 1 is 0.878 bits per heavy atom. The number of carbonyl (C=O) groups excluding carboxylic acids is 2. The van der Waals surface area contributed by atoms with Gasteiger partial charge in [0.15, 0.2) is 5.13 Å². The van der Waals surface area contributed by atoms with Gasteiger partial charge in [0.05, 0.1) is 21.7 Å². The fourth-order valence-electron chi connectivity index (χ4n) is 3.86. The Balaban J connectivity index is 1.19. The van der Waals surface area contributed by atoms with Crippen molar-refractivity contribution in [3.05, 3.63) is 135 Å². The van der Waals surface area contributed by atoms with Crippen LogP contribution >= 0.6 is 11.3 Å². The number of hydrogen-bond acceptors (Lipinski definition) is 8. The van der Waals surface area contributed by atoms with E-state index >= 15 is 0 Å². The van der Waals surface area contributed by atoms with Crippen LogP contribution in [0.2, 0.25) is 0 Å². The normalized spacial score (nSPS) is 10.6. The lowest BCUT2D eigenvalue weighted by Crippen LogP contribution is -2.17. The van der Waals surface area contributed by atoms with Crippen molar-refractivity contribution in [3.63, 3.8) is 0 Å². The van der Waals surface area contributed by atoms with Gasteiger partial charge in [-0.2, -0.15) is 0 Å². The SMILES string of the molecule is Cc1ccc(-c2csc(NC(=O)c3ccccc3C(=O)OCc3ccc(Oc4ccc([N+](=O)[O-])cc4)cc3)n2)cc1. The van der Waals surface area contributed by atoms with Gasteiger partial charge in [-0.25, -0.2) is 9.78 Å². The van der Waals surface area contributed by atoms with Gasteiger partial charge >= 0.3 is 5.97 Å². The highest BCUT2D eigenvalue weighted by atomic mass is 32.1. The van der Waals surface area contributed by atoms with Gasteiger partial charge in [0.1, 0.15) is 18.1 Å². The summed E-state index contributed by atoms with van der Waals surface area (Å²) >= 11 is 1.30. The van der Waals surface area contributed by atoms with Crippen LogP contribution in [0.4, 0.5) is 10.8 Å². The summed E-state index contributed by atoms with van der Waals surface area (Å²) in [5.74, 6) is -0.131. The van der Waals surface area contributed by atoms with Gasteiger partial charge in [-0.15, -0.1) is 11.3 Å². The molecule has 0 aliphatic rings. The molecule has 0 atom stereocenters. The Labute approximate surface area is 239 Å². The average Bonchev–Trinajstić information content (AvgIpc) is 3.45. The summed E-state index contributed by atoms with van der Waals surface area (Å²) in [5, 5.41) is 15.9. The third-order valence-corrected chi connectivity index (χ3v) is 6.80. The number of thiazole rings is 1. The minimum absolute atomic E-state index is 0.0149. The van der Waals surface area contributed by atoms with Crippen molar-refractivity contribution in [3.8, 4) is 22.8 Å². The molecule has 0 saturated carbocycles. The largest absolute Gasteiger partial charge is 0.457 e. The minimum Gasteiger partial charge on any atom is -0.457 e. The van der Waals surface area contributed by atoms with E-state index in [0.717, 1.165) is 16.8 Å². The molecule has 0 unspecified atom stereocenters. The van der Waals surface area contributed by atoms with Crippen LogP contribution in [0, 0.1) is 17.0 Å². The first kappa shape index (κ1) is 27.2. The number of carbonyl (C=O) groups is 2. The summed E-state index contributed by atoms with van der Waals surface area (Å²) in [4.78, 5) is 40.8. The summed E-state index contributed by atoms with van der Waals surface area (Å²) in [6.07, 6.45) is 0. The van der Waals surface area contributed by atoms with Crippen LogP contribution < -0.4 is 10.1 Å². The molecule has 1 N–H and O–H groups in total. The number of nitro benzene ring substituents is 1. The zero-order chi connectivity index (χ0) is 28.8. The Kier molecular flexibility index (Phi) is 8.12. The van der Waals surface area contributed by atoms with Crippen LogP contribution in [0.15, 0.2) is 102 Å². The molecule has 4 aromatic carbocycles. The molecule has 0 bridgehead atoms. The molecule has 0 aliphatic carbocycles. The van der Waals surface area contributed by atoms with E-state index < -0.39 is 16.8 Å². The number of hydrogen-bond donors (Lipinski definition) is 1. The number of aryl methyl sites for hydroxylation is 1. The second-order valence-corrected chi connectivity index (χ2v) is 9.83. The summed E-state index contributed by atoms with van der Waals surface area (Å²) in [6, 6.07) is 27.0. The zero-order valence-corrected chi connectivity index (χ0v) is 22.6. The molecular weight excluding hydrogens is 542 g/mol. The maximum Gasteiger partial charge on any atom is 0.339 e. The number of benzene rings is 4. The monoisotopic (exact) mass is 565 g/mol. The Bertz CT molecular complexity index is 1700. The predicted molar refractivity (Wildman–Crippen MR) is 155 cm³/mol. The number of amides is 1. The van der Waals surface area contributed by atoms with Gasteiger partial charge < -0.3 is 9.47 Å². The van der Waals surface area contributed by atoms with Crippen molar-refractivity contribution < 1.29 is 24.0 Å². The molecule has 0 saturated heterocycles. The lowest BCUT2D eigenvalue weighted by atomic mass is 10.1. The fraction of sp³-hybridized carbons (Fsp3) is 0.0645. The van der Waals surface area contributed by atoms with Crippen molar-refractivity contribution in [2.75, 3.05) is 5.32 Å². The molecule has 0 fully saturated rings. The molecule has 0 radical (unpaired) electrons. The first-order chi connectivity index (χ1) is 19.9. The summed E-state index contributed by atoms with van der Waals surface area (Å²) in [6.45, 7) is 2.00. The predicted octanol–water partition coefficient (Wildman–Crippen LogP) is 7.43. The molecule has 204 valence electrons. The smallest absolute Gasteiger partial charge is 0.339 e. The lowest BCUT2D eigenvalue weighted by Gasteiger charge is -2.10. The topological polar surface area (TPSA) is 121 Å². The zero-order valence-electron chi connectivity index (χ0n) is 21.8. The van der Waals surface area contributed by atoms with Crippen molar-refractivity contribution >= 4 is 34.0 Å². The number of aromatic nitrogens is 1. The summed E-state index contributed by atoms with van der Waals surface area (Å²) < 4.78 is 11.2. The van der Waals surface area contributed by atoms with Gasteiger partial charge in [-0.05, 0) is 48.9 Å². The molecule has 41 heavy (non-hydrogen) atoms. The van der Waals surface area contributed by atoms with Crippen LogP contribution in [0.25, 0.3) is 11.3 Å². The molecule has 10 heteroatoms. The number of anilines is 1. The first-order valence-corrected chi connectivity index (χ1v) is 13.3. The lowest BCUT2D eigenvalue weighted by molar-refractivity contribution is -0.384. The molecule has 0 spiro atoms. The number of esters is 1. The minimum atomic E-state index is -0.638. The van der Waals surface area contributed by atoms with E-state index in [-0.39, 0.29) is 23.4 Å². The van der Waals surface area contributed by atoms with E-state index in [1.807, 2.05) is 36.6 Å². The van der Waals surface area contributed by atoms with E-state index in [0.29, 0.717) is 22.2 Å². The molecule has 5 rings (SSSR count). The highest BCUT2D eigenvalue weighted by molar-refractivity contribution is 7.14. The Morgan fingerprint density at radius 3 is 2.17 bits per heavy atom. The van der Waals surface area contributed by atoms with Gasteiger partial charge in [0.25, 0.3) is 11.6 Å². The summed E-state index contributed by atoms with van der Waals surface area (Å²) in [7, 11) is 0. The van der Waals surface area contributed by atoms with Gasteiger partial charge in [0.2, 0.25) is 0 Å². The van der Waals surface area contributed by atoms with Gasteiger partial charge in [-0.1, -0.05) is 54.1 Å². The molecule has 1 amide bonds. The molecule has 9 nitrogen and oxygen atoms in total. The third-order valence-electron chi connectivity index (χ3n) is 6.04. The summed E-state index contributed by atoms with van der Waals surface area (Å²) in [5.41, 5.74) is 3.85. The van der Waals surface area contributed by atoms with Crippen molar-refractivity contribution in [1.29, 1.82) is 0 Å². The molecule has 1 aromatic heterocycles. The number of non-ortho nitro benzene ring substituents is 1. The quantitative estimate of drug-likeness (QED) is 0.112. The van der Waals surface area contributed by atoms with Crippen LogP contribution in [-0.2, 0) is 11.3 Å².